The quantitative estimate of drug-likeness (QED) is 0.859. The molecule has 1 heterocycles. The molecule has 1 aliphatic heterocycles. The van der Waals surface area contributed by atoms with Crippen molar-refractivity contribution in [2.24, 2.45) is 5.92 Å². The van der Waals surface area contributed by atoms with Crippen molar-refractivity contribution in [1.82, 2.24) is 0 Å². The van der Waals surface area contributed by atoms with E-state index in [1.165, 1.54) is 0 Å². The molecule has 1 aromatic carbocycles. The molecule has 1 N–H and O–H groups in total. The number of sulfone groups is 1. The highest BCUT2D eigenvalue weighted by Gasteiger charge is 2.24. The lowest BCUT2D eigenvalue weighted by atomic mass is 10.1. The lowest BCUT2D eigenvalue weighted by Gasteiger charge is -2.22. The van der Waals surface area contributed by atoms with Crippen LogP contribution in [0.1, 0.15) is 18.4 Å². The molecule has 1 aliphatic rings. The average Bonchev–Trinajstić information content (AvgIpc) is 2.34. The number of rotatable bonds is 3. The number of benzene rings is 1. The van der Waals surface area contributed by atoms with Gasteiger partial charge in [0.1, 0.15) is 0 Å². The van der Waals surface area contributed by atoms with Crippen LogP contribution in [0.15, 0.2) is 22.7 Å². The van der Waals surface area contributed by atoms with Crippen LogP contribution in [0, 0.1) is 18.3 Å². The maximum atomic E-state index is 11.6. The van der Waals surface area contributed by atoms with Crippen molar-refractivity contribution in [1.29, 1.82) is 0 Å². The summed E-state index contributed by atoms with van der Waals surface area (Å²) in [5, 5.41) is 3.28. The van der Waals surface area contributed by atoms with Gasteiger partial charge in [0.05, 0.1) is 11.5 Å². The SMILES string of the molecule is C#Cc1cc(Br)cc(NCC2CCCS(=O)(=O)C2)c1. The van der Waals surface area contributed by atoms with Gasteiger partial charge in [-0.15, -0.1) is 6.42 Å². The zero-order chi connectivity index (χ0) is 13.9. The van der Waals surface area contributed by atoms with E-state index in [0.717, 1.165) is 28.6 Å². The molecule has 1 atom stereocenters. The van der Waals surface area contributed by atoms with E-state index < -0.39 is 9.84 Å². The zero-order valence-electron chi connectivity index (χ0n) is 10.5. The fourth-order valence-electron chi connectivity index (χ4n) is 2.32. The molecule has 19 heavy (non-hydrogen) atoms. The Morgan fingerprint density at radius 3 is 2.89 bits per heavy atom. The molecule has 0 aromatic heterocycles. The predicted molar refractivity (Wildman–Crippen MR) is 81.9 cm³/mol. The topological polar surface area (TPSA) is 46.2 Å². The third kappa shape index (κ3) is 4.26. The third-order valence-electron chi connectivity index (χ3n) is 3.22. The molecule has 0 radical (unpaired) electrons. The van der Waals surface area contributed by atoms with Crippen molar-refractivity contribution in [2.45, 2.75) is 12.8 Å². The van der Waals surface area contributed by atoms with Gasteiger partial charge >= 0.3 is 0 Å². The summed E-state index contributed by atoms with van der Waals surface area (Å²) in [4.78, 5) is 0. The first kappa shape index (κ1) is 14.4. The van der Waals surface area contributed by atoms with Crippen molar-refractivity contribution in [3.63, 3.8) is 0 Å². The van der Waals surface area contributed by atoms with Crippen LogP contribution in [0.3, 0.4) is 0 Å². The minimum atomic E-state index is -2.84. The van der Waals surface area contributed by atoms with E-state index in [1.54, 1.807) is 0 Å². The molecule has 1 fully saturated rings. The maximum absolute atomic E-state index is 11.6. The summed E-state index contributed by atoms with van der Waals surface area (Å²) in [5.74, 6) is 3.40. The van der Waals surface area contributed by atoms with E-state index >= 15 is 0 Å². The lowest BCUT2D eigenvalue weighted by molar-refractivity contribution is 0.502. The molecular formula is C14H16BrNO2S. The lowest BCUT2D eigenvalue weighted by Crippen LogP contribution is -2.29. The van der Waals surface area contributed by atoms with Gasteiger partial charge in [0.25, 0.3) is 0 Å². The number of nitrogens with one attached hydrogen (secondary N) is 1. The second kappa shape index (κ2) is 5.98. The molecule has 1 unspecified atom stereocenters. The van der Waals surface area contributed by atoms with E-state index in [1.807, 2.05) is 18.2 Å². The first-order valence-corrected chi connectivity index (χ1v) is 8.81. The first-order valence-electron chi connectivity index (χ1n) is 6.20. The van der Waals surface area contributed by atoms with E-state index in [4.69, 9.17) is 6.42 Å². The first-order chi connectivity index (χ1) is 8.98. The smallest absolute Gasteiger partial charge is 0.150 e. The summed E-state index contributed by atoms with van der Waals surface area (Å²) in [6.45, 7) is 0.666. The largest absolute Gasteiger partial charge is 0.385 e. The molecule has 0 spiro atoms. The van der Waals surface area contributed by atoms with E-state index in [2.05, 4.69) is 27.2 Å². The Balaban J connectivity index is 1.99. The number of halogens is 1. The Labute approximate surface area is 122 Å². The number of anilines is 1. The van der Waals surface area contributed by atoms with Crippen LogP contribution in [-0.4, -0.2) is 26.5 Å². The third-order valence-corrected chi connectivity index (χ3v) is 5.56. The van der Waals surface area contributed by atoms with Gasteiger partial charge < -0.3 is 5.32 Å². The monoisotopic (exact) mass is 341 g/mol. The van der Waals surface area contributed by atoms with Gasteiger partial charge in [-0.3, -0.25) is 0 Å². The molecule has 0 amide bonds. The van der Waals surface area contributed by atoms with Crippen LogP contribution in [0.25, 0.3) is 0 Å². The molecule has 5 heteroatoms. The Kier molecular flexibility index (Phi) is 4.54. The molecular weight excluding hydrogens is 326 g/mol. The van der Waals surface area contributed by atoms with Crippen molar-refractivity contribution >= 4 is 31.5 Å². The molecule has 1 saturated heterocycles. The number of hydrogen-bond acceptors (Lipinski definition) is 3. The fraction of sp³-hybridized carbons (Fsp3) is 0.429. The van der Waals surface area contributed by atoms with Crippen molar-refractivity contribution in [3.8, 4) is 12.3 Å². The normalized spacial score (nSPS) is 21.6. The van der Waals surface area contributed by atoms with Gasteiger partial charge in [-0.2, -0.15) is 0 Å². The van der Waals surface area contributed by atoms with E-state index in [-0.39, 0.29) is 11.7 Å². The van der Waals surface area contributed by atoms with Crippen LogP contribution in [0.4, 0.5) is 5.69 Å². The standard InChI is InChI=1S/C14H16BrNO2S/c1-2-11-6-13(15)8-14(7-11)16-9-12-4-3-5-19(17,18)10-12/h1,6-8,12,16H,3-5,9-10H2. The highest BCUT2D eigenvalue weighted by Crippen LogP contribution is 2.22. The summed E-state index contributed by atoms with van der Waals surface area (Å²) >= 11 is 3.41. The van der Waals surface area contributed by atoms with Crippen LogP contribution in [0.5, 0.6) is 0 Å². The Bertz CT molecular complexity index is 604. The summed E-state index contributed by atoms with van der Waals surface area (Å²) in [6, 6.07) is 5.70. The number of terminal acetylenes is 1. The van der Waals surface area contributed by atoms with Gasteiger partial charge in [0.2, 0.25) is 0 Å². The fourth-order valence-corrected chi connectivity index (χ4v) is 4.59. The van der Waals surface area contributed by atoms with E-state index in [9.17, 15) is 8.42 Å². The molecule has 3 nitrogen and oxygen atoms in total. The molecule has 2 rings (SSSR count). The van der Waals surface area contributed by atoms with Gasteiger partial charge in [-0.1, -0.05) is 21.9 Å². The molecule has 0 bridgehead atoms. The summed E-state index contributed by atoms with van der Waals surface area (Å²) in [5.41, 5.74) is 1.72. The van der Waals surface area contributed by atoms with Crippen LogP contribution < -0.4 is 5.32 Å². The minimum absolute atomic E-state index is 0.187. The summed E-state index contributed by atoms with van der Waals surface area (Å²) in [7, 11) is -2.84. The molecule has 102 valence electrons. The molecule has 0 aliphatic carbocycles. The minimum Gasteiger partial charge on any atom is -0.385 e. The maximum Gasteiger partial charge on any atom is 0.150 e. The Morgan fingerprint density at radius 2 is 2.21 bits per heavy atom. The summed E-state index contributed by atoms with van der Waals surface area (Å²) in [6.07, 6.45) is 7.11. The van der Waals surface area contributed by atoms with Gasteiger partial charge in [-0.05, 0) is 37.0 Å². The van der Waals surface area contributed by atoms with Crippen LogP contribution in [0.2, 0.25) is 0 Å². The predicted octanol–water partition coefficient (Wildman–Crippen LogP) is 2.67. The van der Waals surface area contributed by atoms with Crippen molar-refractivity contribution < 1.29 is 8.42 Å². The highest BCUT2D eigenvalue weighted by molar-refractivity contribution is 9.10. The average molecular weight is 342 g/mol. The van der Waals surface area contributed by atoms with Crippen molar-refractivity contribution in [2.75, 3.05) is 23.4 Å². The van der Waals surface area contributed by atoms with Crippen LogP contribution >= 0.6 is 15.9 Å². The van der Waals surface area contributed by atoms with E-state index in [0.29, 0.717) is 12.3 Å². The van der Waals surface area contributed by atoms with Gasteiger partial charge in [-0.25, -0.2) is 8.42 Å². The second-order valence-corrected chi connectivity index (χ2v) is 8.02. The van der Waals surface area contributed by atoms with Gasteiger partial charge in [0, 0.05) is 22.3 Å². The second-order valence-electron chi connectivity index (χ2n) is 4.88. The zero-order valence-corrected chi connectivity index (χ0v) is 12.9. The van der Waals surface area contributed by atoms with Crippen LogP contribution in [-0.2, 0) is 9.84 Å². The highest BCUT2D eigenvalue weighted by atomic mass is 79.9. The van der Waals surface area contributed by atoms with Gasteiger partial charge in [0.15, 0.2) is 9.84 Å². The molecule has 0 saturated carbocycles. The summed E-state index contributed by atoms with van der Waals surface area (Å²) < 4.78 is 24.0. The van der Waals surface area contributed by atoms with Crippen molar-refractivity contribution in [3.05, 3.63) is 28.2 Å². The molecule has 1 aromatic rings. The Morgan fingerprint density at radius 1 is 1.42 bits per heavy atom. The Hall–Kier alpha value is -0.990. The number of hydrogen-bond donors (Lipinski definition) is 1.